The van der Waals surface area contributed by atoms with Crippen LogP contribution in [-0.4, -0.2) is 24.2 Å². The van der Waals surface area contributed by atoms with E-state index in [-0.39, 0.29) is 12.5 Å². The van der Waals surface area contributed by atoms with Crippen LogP contribution in [-0.2, 0) is 0 Å². The Balaban J connectivity index is 1.96. The van der Waals surface area contributed by atoms with Crippen LogP contribution in [0, 0.1) is 18.8 Å². The minimum atomic E-state index is -0.124. The number of rotatable bonds is 4. The molecule has 2 N–H and O–H groups in total. The maximum Gasteiger partial charge on any atom is 0.252 e. The van der Waals surface area contributed by atoms with E-state index < -0.39 is 0 Å². The second kappa shape index (κ2) is 7.09. The molecule has 1 aliphatic carbocycles. The average molecular weight is 296 g/mol. The molecule has 0 saturated heterocycles. The zero-order valence-electron chi connectivity index (χ0n) is 11.9. The van der Waals surface area contributed by atoms with E-state index in [4.69, 9.17) is 11.6 Å². The Morgan fingerprint density at radius 3 is 2.75 bits per heavy atom. The first-order valence-corrected chi connectivity index (χ1v) is 7.65. The zero-order chi connectivity index (χ0) is 14.5. The summed E-state index contributed by atoms with van der Waals surface area (Å²) in [7, 11) is 0. The molecule has 0 aliphatic heterocycles. The SMILES string of the molecule is Cc1cccc(C(=O)NCC2CCCCC2CO)c1Cl. The Morgan fingerprint density at radius 1 is 1.35 bits per heavy atom. The van der Waals surface area contributed by atoms with Gasteiger partial charge in [-0.3, -0.25) is 4.79 Å². The number of hydrogen-bond donors (Lipinski definition) is 2. The Morgan fingerprint density at radius 2 is 2.05 bits per heavy atom. The van der Waals surface area contributed by atoms with Crippen molar-refractivity contribution in [2.24, 2.45) is 11.8 Å². The summed E-state index contributed by atoms with van der Waals surface area (Å²) in [6, 6.07) is 5.48. The molecule has 1 fully saturated rings. The lowest BCUT2D eigenvalue weighted by atomic mass is 9.79. The summed E-state index contributed by atoms with van der Waals surface area (Å²) in [4.78, 5) is 12.2. The molecule has 0 radical (unpaired) electrons. The van der Waals surface area contributed by atoms with Crippen LogP contribution in [0.15, 0.2) is 18.2 Å². The van der Waals surface area contributed by atoms with Crippen molar-refractivity contribution in [3.05, 3.63) is 34.3 Å². The maximum absolute atomic E-state index is 12.2. The first kappa shape index (κ1) is 15.3. The van der Waals surface area contributed by atoms with E-state index in [9.17, 15) is 9.90 Å². The van der Waals surface area contributed by atoms with Crippen LogP contribution in [0.3, 0.4) is 0 Å². The normalized spacial score (nSPS) is 22.6. The summed E-state index contributed by atoms with van der Waals surface area (Å²) in [6.45, 7) is 2.72. The van der Waals surface area contributed by atoms with Gasteiger partial charge in [0.2, 0.25) is 0 Å². The summed E-state index contributed by atoms with van der Waals surface area (Å²) in [5.41, 5.74) is 1.44. The van der Waals surface area contributed by atoms with Crippen molar-refractivity contribution in [1.82, 2.24) is 5.32 Å². The van der Waals surface area contributed by atoms with E-state index in [0.717, 1.165) is 18.4 Å². The van der Waals surface area contributed by atoms with Gasteiger partial charge in [-0.25, -0.2) is 0 Å². The Hall–Kier alpha value is -1.06. The quantitative estimate of drug-likeness (QED) is 0.896. The molecule has 0 heterocycles. The third-order valence-corrected chi connectivity index (χ3v) is 4.76. The van der Waals surface area contributed by atoms with Gasteiger partial charge in [0.15, 0.2) is 0 Å². The molecule has 2 rings (SSSR count). The third-order valence-electron chi connectivity index (χ3n) is 4.26. The van der Waals surface area contributed by atoms with Crippen molar-refractivity contribution in [3.8, 4) is 0 Å². The van der Waals surface area contributed by atoms with E-state index in [1.54, 1.807) is 6.07 Å². The number of hydrogen-bond acceptors (Lipinski definition) is 2. The van der Waals surface area contributed by atoms with Crippen molar-refractivity contribution in [2.75, 3.05) is 13.2 Å². The average Bonchev–Trinajstić information content (AvgIpc) is 2.48. The lowest BCUT2D eigenvalue weighted by molar-refractivity contribution is 0.0909. The number of carbonyl (C=O) groups excluding carboxylic acids is 1. The fraction of sp³-hybridized carbons (Fsp3) is 0.562. The Labute approximate surface area is 125 Å². The van der Waals surface area contributed by atoms with Gasteiger partial charge in [0, 0.05) is 13.2 Å². The number of carbonyl (C=O) groups is 1. The molecule has 0 spiro atoms. The highest BCUT2D eigenvalue weighted by Gasteiger charge is 2.25. The van der Waals surface area contributed by atoms with Gasteiger partial charge in [0.1, 0.15) is 0 Å². The molecule has 0 aromatic heterocycles. The van der Waals surface area contributed by atoms with E-state index in [2.05, 4.69) is 5.32 Å². The first-order chi connectivity index (χ1) is 9.63. The molecule has 2 atom stereocenters. The number of nitrogens with one attached hydrogen (secondary N) is 1. The van der Waals surface area contributed by atoms with Crippen molar-refractivity contribution in [2.45, 2.75) is 32.6 Å². The second-order valence-electron chi connectivity index (χ2n) is 5.63. The molecular formula is C16H22ClNO2. The highest BCUT2D eigenvalue weighted by molar-refractivity contribution is 6.34. The van der Waals surface area contributed by atoms with Crippen LogP contribution in [0.5, 0.6) is 0 Å². The highest BCUT2D eigenvalue weighted by atomic mass is 35.5. The van der Waals surface area contributed by atoms with Gasteiger partial charge in [-0.05, 0) is 43.2 Å². The number of halogens is 1. The van der Waals surface area contributed by atoms with Gasteiger partial charge < -0.3 is 10.4 Å². The van der Waals surface area contributed by atoms with Crippen molar-refractivity contribution in [1.29, 1.82) is 0 Å². The number of amides is 1. The third kappa shape index (κ3) is 3.53. The maximum atomic E-state index is 12.2. The number of aliphatic hydroxyl groups excluding tert-OH is 1. The monoisotopic (exact) mass is 295 g/mol. The summed E-state index contributed by atoms with van der Waals surface area (Å²) in [6.07, 6.45) is 4.50. The molecule has 1 aromatic rings. The predicted octanol–water partition coefficient (Wildman–Crippen LogP) is 3.18. The van der Waals surface area contributed by atoms with Gasteiger partial charge in [-0.1, -0.05) is 36.6 Å². The smallest absolute Gasteiger partial charge is 0.252 e. The van der Waals surface area contributed by atoms with E-state index in [0.29, 0.717) is 29.0 Å². The number of aryl methyl sites for hydroxylation is 1. The topological polar surface area (TPSA) is 49.3 Å². The van der Waals surface area contributed by atoms with Crippen LogP contribution < -0.4 is 5.32 Å². The minimum absolute atomic E-state index is 0.124. The summed E-state index contributed by atoms with van der Waals surface area (Å²) >= 11 is 6.16. The van der Waals surface area contributed by atoms with Gasteiger partial charge in [0.25, 0.3) is 5.91 Å². The van der Waals surface area contributed by atoms with Crippen LogP contribution in [0.4, 0.5) is 0 Å². The zero-order valence-corrected chi connectivity index (χ0v) is 12.6. The summed E-state index contributed by atoms with van der Waals surface area (Å²) in [5, 5.41) is 12.9. The number of benzene rings is 1. The van der Waals surface area contributed by atoms with Gasteiger partial charge >= 0.3 is 0 Å². The van der Waals surface area contributed by atoms with Crippen molar-refractivity contribution >= 4 is 17.5 Å². The molecule has 1 aliphatic rings. The van der Waals surface area contributed by atoms with Crippen LogP contribution in [0.2, 0.25) is 5.02 Å². The minimum Gasteiger partial charge on any atom is -0.396 e. The molecule has 3 nitrogen and oxygen atoms in total. The van der Waals surface area contributed by atoms with Crippen molar-refractivity contribution < 1.29 is 9.90 Å². The molecule has 1 aromatic carbocycles. The fourth-order valence-corrected chi connectivity index (χ4v) is 3.15. The van der Waals surface area contributed by atoms with Crippen LogP contribution in [0.1, 0.15) is 41.6 Å². The second-order valence-corrected chi connectivity index (χ2v) is 6.01. The van der Waals surface area contributed by atoms with Gasteiger partial charge in [-0.15, -0.1) is 0 Å². The van der Waals surface area contributed by atoms with Gasteiger partial charge in [0.05, 0.1) is 10.6 Å². The van der Waals surface area contributed by atoms with E-state index in [1.165, 1.54) is 12.8 Å². The molecule has 2 unspecified atom stereocenters. The van der Waals surface area contributed by atoms with Crippen LogP contribution >= 0.6 is 11.6 Å². The number of aliphatic hydroxyl groups is 1. The summed E-state index contributed by atoms with van der Waals surface area (Å²) < 4.78 is 0. The fourth-order valence-electron chi connectivity index (χ4n) is 2.94. The lowest BCUT2D eigenvalue weighted by Crippen LogP contribution is -2.35. The van der Waals surface area contributed by atoms with Gasteiger partial charge in [-0.2, -0.15) is 0 Å². The van der Waals surface area contributed by atoms with Crippen molar-refractivity contribution in [3.63, 3.8) is 0 Å². The van der Waals surface area contributed by atoms with Crippen LogP contribution in [0.25, 0.3) is 0 Å². The highest BCUT2D eigenvalue weighted by Crippen LogP contribution is 2.29. The molecule has 1 amide bonds. The summed E-state index contributed by atoms with van der Waals surface area (Å²) in [5.74, 6) is 0.569. The Kier molecular flexibility index (Phi) is 5.44. The molecule has 0 bridgehead atoms. The molecule has 110 valence electrons. The Bertz CT molecular complexity index is 476. The molecule has 4 heteroatoms. The first-order valence-electron chi connectivity index (χ1n) is 7.27. The van der Waals surface area contributed by atoms with E-state index in [1.807, 2.05) is 19.1 Å². The molecule has 1 saturated carbocycles. The predicted molar refractivity (Wildman–Crippen MR) is 81.1 cm³/mol. The lowest BCUT2D eigenvalue weighted by Gasteiger charge is -2.30. The standard InChI is InChI=1S/C16H22ClNO2/c1-11-5-4-8-14(15(11)17)16(20)18-9-12-6-2-3-7-13(12)10-19/h4-5,8,12-13,19H,2-3,6-7,9-10H2,1H3,(H,18,20). The molecular weight excluding hydrogens is 274 g/mol. The molecule has 20 heavy (non-hydrogen) atoms. The van der Waals surface area contributed by atoms with E-state index >= 15 is 0 Å². The largest absolute Gasteiger partial charge is 0.396 e.